The Morgan fingerprint density at radius 2 is 2.20 bits per heavy atom. The summed E-state index contributed by atoms with van der Waals surface area (Å²) < 4.78 is 26.7. The van der Waals surface area contributed by atoms with Crippen LogP contribution < -0.4 is 10.0 Å². The van der Waals surface area contributed by atoms with Crippen LogP contribution in [-0.2, 0) is 23.1 Å². The zero-order valence-corrected chi connectivity index (χ0v) is 11.9. The molecule has 0 aliphatic heterocycles. The minimum Gasteiger partial charge on any atom is -0.363 e. The van der Waals surface area contributed by atoms with Crippen molar-refractivity contribution in [2.75, 3.05) is 6.54 Å². The summed E-state index contributed by atoms with van der Waals surface area (Å²) in [6, 6.07) is 5.03. The van der Waals surface area contributed by atoms with E-state index in [-0.39, 0.29) is 11.4 Å². The maximum Gasteiger partial charge on any atom is 0.242 e. The smallest absolute Gasteiger partial charge is 0.242 e. The van der Waals surface area contributed by atoms with Gasteiger partial charge in [0.25, 0.3) is 0 Å². The van der Waals surface area contributed by atoms with Crippen LogP contribution in [0.2, 0.25) is 0 Å². The Hall–Kier alpha value is -1.77. The number of aromatic nitrogens is 3. The van der Waals surface area contributed by atoms with E-state index in [0.717, 1.165) is 12.2 Å². The van der Waals surface area contributed by atoms with Crippen molar-refractivity contribution in [2.24, 2.45) is 0 Å². The molecule has 2 rings (SSSR count). The van der Waals surface area contributed by atoms with Gasteiger partial charge in [-0.1, -0.05) is 6.92 Å². The molecule has 0 saturated heterocycles. The first-order valence-electron chi connectivity index (χ1n) is 6.26. The van der Waals surface area contributed by atoms with Gasteiger partial charge >= 0.3 is 0 Å². The lowest BCUT2D eigenvalue weighted by molar-refractivity contribution is 0.580. The Balaban J connectivity index is 2.01. The summed E-state index contributed by atoms with van der Waals surface area (Å²) in [4.78, 5) is 3.15. The quantitative estimate of drug-likeness (QED) is 0.686. The first-order valence-corrected chi connectivity index (χ1v) is 7.74. The lowest BCUT2D eigenvalue weighted by Gasteiger charge is -2.03. The number of hydrogen-bond acceptors (Lipinski definition) is 5. The average molecular weight is 295 g/mol. The molecule has 0 atom stereocenters. The van der Waals surface area contributed by atoms with E-state index < -0.39 is 10.0 Å². The third kappa shape index (κ3) is 3.86. The monoisotopic (exact) mass is 295 g/mol. The highest BCUT2D eigenvalue weighted by Crippen LogP contribution is 2.11. The molecule has 3 N–H and O–H groups in total. The van der Waals surface area contributed by atoms with Crippen LogP contribution in [0.25, 0.3) is 0 Å². The fourth-order valence-corrected chi connectivity index (χ4v) is 2.63. The van der Waals surface area contributed by atoms with Gasteiger partial charge in [0.2, 0.25) is 10.0 Å². The fraction of sp³-hybridized carbons (Fsp3) is 0.333. The summed E-state index contributed by atoms with van der Waals surface area (Å²) in [6.45, 7) is 3.54. The fourth-order valence-electron chi connectivity index (χ4n) is 1.62. The number of rotatable bonds is 7. The van der Waals surface area contributed by atoms with Crippen molar-refractivity contribution >= 4 is 10.0 Å². The predicted octanol–water partition coefficient (Wildman–Crippen LogP) is 0.393. The van der Waals surface area contributed by atoms with Crippen molar-refractivity contribution in [3.63, 3.8) is 0 Å². The van der Waals surface area contributed by atoms with Crippen molar-refractivity contribution in [2.45, 2.75) is 24.9 Å². The molecule has 108 valence electrons. The zero-order chi connectivity index (χ0) is 14.4. The first kappa shape index (κ1) is 14.6. The SMILES string of the molecule is CCNCc1cc(S(=O)(=O)NCc2cccnn2)c[nH]1. The normalized spacial score (nSPS) is 11.7. The minimum atomic E-state index is -3.54. The Bertz CT molecular complexity index is 639. The lowest BCUT2D eigenvalue weighted by Crippen LogP contribution is -2.23. The van der Waals surface area contributed by atoms with Crippen molar-refractivity contribution in [1.29, 1.82) is 0 Å². The zero-order valence-electron chi connectivity index (χ0n) is 11.1. The molecule has 2 heterocycles. The summed E-state index contributed by atoms with van der Waals surface area (Å²) in [7, 11) is -3.54. The van der Waals surface area contributed by atoms with Crippen molar-refractivity contribution in [1.82, 2.24) is 25.2 Å². The number of nitrogens with zero attached hydrogens (tertiary/aromatic N) is 2. The second kappa shape index (κ2) is 6.60. The van der Waals surface area contributed by atoms with Crippen molar-refractivity contribution in [3.05, 3.63) is 42.0 Å². The molecule has 0 radical (unpaired) electrons. The van der Waals surface area contributed by atoms with Crippen LogP contribution in [-0.4, -0.2) is 30.1 Å². The van der Waals surface area contributed by atoms with Crippen LogP contribution in [0.3, 0.4) is 0 Å². The summed E-state index contributed by atoms with van der Waals surface area (Å²) in [5.41, 5.74) is 1.39. The highest BCUT2D eigenvalue weighted by molar-refractivity contribution is 7.89. The van der Waals surface area contributed by atoms with E-state index in [9.17, 15) is 8.42 Å². The third-order valence-electron chi connectivity index (χ3n) is 2.66. The summed E-state index contributed by atoms with van der Waals surface area (Å²) in [5.74, 6) is 0. The van der Waals surface area contributed by atoms with Crippen LogP contribution >= 0.6 is 0 Å². The van der Waals surface area contributed by atoms with E-state index in [1.807, 2.05) is 6.92 Å². The molecule has 0 spiro atoms. The summed E-state index contributed by atoms with van der Waals surface area (Å²) >= 11 is 0. The van der Waals surface area contributed by atoms with Gasteiger partial charge < -0.3 is 10.3 Å². The van der Waals surface area contributed by atoms with Gasteiger partial charge in [0.1, 0.15) is 0 Å². The van der Waals surface area contributed by atoms with Crippen LogP contribution in [0, 0.1) is 0 Å². The van der Waals surface area contributed by atoms with Gasteiger partial charge in [-0.25, -0.2) is 13.1 Å². The molecule has 2 aromatic rings. The Morgan fingerprint density at radius 3 is 2.90 bits per heavy atom. The largest absolute Gasteiger partial charge is 0.363 e. The minimum absolute atomic E-state index is 0.115. The molecular weight excluding hydrogens is 278 g/mol. The maximum atomic E-state index is 12.1. The topological polar surface area (TPSA) is 99.8 Å². The standard InChI is InChI=1S/C12H17N5O2S/c1-2-13-7-11-6-12(9-14-11)20(18,19)16-8-10-4-3-5-15-17-10/h3-6,9,13-14,16H,2,7-8H2,1H3. The molecule has 0 aromatic carbocycles. The summed E-state index contributed by atoms with van der Waals surface area (Å²) in [6.07, 6.45) is 3.02. The van der Waals surface area contributed by atoms with E-state index in [0.29, 0.717) is 12.2 Å². The molecule has 0 unspecified atom stereocenters. The molecule has 0 fully saturated rings. The van der Waals surface area contributed by atoms with E-state index in [1.54, 1.807) is 18.2 Å². The molecule has 0 amide bonds. The summed E-state index contributed by atoms with van der Waals surface area (Å²) in [5, 5.41) is 10.6. The first-order chi connectivity index (χ1) is 9.62. The van der Waals surface area contributed by atoms with Gasteiger partial charge in [0.05, 0.1) is 17.1 Å². The second-order valence-corrected chi connectivity index (χ2v) is 5.95. The van der Waals surface area contributed by atoms with Crippen molar-refractivity contribution < 1.29 is 8.42 Å². The third-order valence-corrected chi connectivity index (χ3v) is 4.04. The second-order valence-electron chi connectivity index (χ2n) is 4.18. The number of sulfonamides is 1. The number of H-pyrrole nitrogens is 1. The Kier molecular flexibility index (Phi) is 4.83. The van der Waals surface area contributed by atoms with Gasteiger partial charge in [0, 0.05) is 24.6 Å². The molecule has 2 aromatic heterocycles. The van der Waals surface area contributed by atoms with Gasteiger partial charge in [-0.3, -0.25) is 0 Å². The molecule has 0 aliphatic rings. The molecule has 7 nitrogen and oxygen atoms in total. The molecule has 20 heavy (non-hydrogen) atoms. The maximum absolute atomic E-state index is 12.1. The molecule has 0 bridgehead atoms. The van der Waals surface area contributed by atoms with E-state index in [2.05, 4.69) is 25.2 Å². The van der Waals surface area contributed by atoms with E-state index in [1.165, 1.54) is 12.4 Å². The molecule has 0 aliphatic carbocycles. The molecular formula is C12H17N5O2S. The van der Waals surface area contributed by atoms with Crippen LogP contribution in [0.4, 0.5) is 0 Å². The number of hydrogen-bond donors (Lipinski definition) is 3. The predicted molar refractivity (Wildman–Crippen MR) is 74.2 cm³/mol. The lowest BCUT2D eigenvalue weighted by atomic mass is 10.4. The van der Waals surface area contributed by atoms with Crippen molar-refractivity contribution in [3.8, 4) is 0 Å². The Labute approximate surface area is 117 Å². The number of aromatic amines is 1. The molecule has 8 heteroatoms. The van der Waals surface area contributed by atoms with E-state index in [4.69, 9.17) is 0 Å². The van der Waals surface area contributed by atoms with Gasteiger partial charge in [-0.05, 0) is 24.7 Å². The van der Waals surface area contributed by atoms with Crippen LogP contribution in [0.1, 0.15) is 18.3 Å². The van der Waals surface area contributed by atoms with Gasteiger partial charge in [0.15, 0.2) is 0 Å². The van der Waals surface area contributed by atoms with Gasteiger partial charge in [-0.15, -0.1) is 0 Å². The Morgan fingerprint density at radius 1 is 1.35 bits per heavy atom. The van der Waals surface area contributed by atoms with Crippen LogP contribution in [0.5, 0.6) is 0 Å². The van der Waals surface area contributed by atoms with E-state index >= 15 is 0 Å². The van der Waals surface area contributed by atoms with Crippen LogP contribution in [0.15, 0.2) is 35.5 Å². The van der Waals surface area contributed by atoms with Gasteiger partial charge in [-0.2, -0.15) is 10.2 Å². The number of nitrogens with one attached hydrogen (secondary N) is 3. The highest BCUT2D eigenvalue weighted by atomic mass is 32.2. The average Bonchev–Trinajstić information content (AvgIpc) is 2.94. The molecule has 0 saturated carbocycles. The highest BCUT2D eigenvalue weighted by Gasteiger charge is 2.15.